The average Bonchev–Trinajstić information content (AvgIpc) is 2.87. The van der Waals surface area contributed by atoms with E-state index in [1.807, 2.05) is 19.2 Å². The van der Waals surface area contributed by atoms with Crippen LogP contribution in [-0.2, 0) is 5.54 Å². The highest BCUT2D eigenvalue weighted by Crippen LogP contribution is 2.33. The number of nitro groups is 1. The molecule has 20 heavy (non-hydrogen) atoms. The molecule has 1 aromatic heterocycles. The number of nitrogens with one attached hydrogen (secondary N) is 1. The molecule has 0 unspecified atom stereocenters. The van der Waals surface area contributed by atoms with E-state index in [2.05, 4.69) is 10.3 Å². The molecule has 2 rings (SSSR count). The zero-order valence-corrected chi connectivity index (χ0v) is 12.1. The summed E-state index contributed by atoms with van der Waals surface area (Å²) >= 11 is 1.45. The molecule has 0 aliphatic rings. The highest BCUT2D eigenvalue weighted by Gasteiger charge is 2.27. The van der Waals surface area contributed by atoms with E-state index in [1.165, 1.54) is 17.4 Å². The van der Waals surface area contributed by atoms with Crippen molar-refractivity contribution < 1.29 is 9.31 Å². The minimum atomic E-state index is -0.594. The molecule has 0 saturated heterocycles. The van der Waals surface area contributed by atoms with Crippen LogP contribution in [0.2, 0.25) is 0 Å². The van der Waals surface area contributed by atoms with Gasteiger partial charge in [-0.25, -0.2) is 9.37 Å². The summed E-state index contributed by atoms with van der Waals surface area (Å²) < 4.78 is 13.5. The van der Waals surface area contributed by atoms with Crippen molar-refractivity contribution >= 4 is 22.7 Å². The number of benzene rings is 1. The van der Waals surface area contributed by atoms with Crippen molar-refractivity contribution in [2.45, 2.75) is 26.3 Å². The molecule has 1 aromatic carbocycles. The second kappa shape index (κ2) is 5.16. The van der Waals surface area contributed by atoms with Gasteiger partial charge in [0.15, 0.2) is 0 Å². The van der Waals surface area contributed by atoms with Crippen LogP contribution in [-0.4, -0.2) is 9.91 Å². The fourth-order valence-corrected chi connectivity index (χ4v) is 2.56. The zero-order chi connectivity index (χ0) is 14.9. The van der Waals surface area contributed by atoms with Gasteiger partial charge in [0.1, 0.15) is 16.5 Å². The number of thiazole rings is 1. The summed E-state index contributed by atoms with van der Waals surface area (Å²) in [5.74, 6) is -0.589. The average molecular weight is 295 g/mol. The molecule has 7 heteroatoms. The van der Waals surface area contributed by atoms with Gasteiger partial charge in [-0.3, -0.25) is 10.1 Å². The zero-order valence-electron chi connectivity index (χ0n) is 11.3. The number of halogens is 1. The first kappa shape index (κ1) is 14.4. The summed E-state index contributed by atoms with van der Waals surface area (Å²) in [6, 6.07) is 2.39. The van der Waals surface area contributed by atoms with Gasteiger partial charge in [0.05, 0.1) is 16.5 Å². The molecule has 0 amide bonds. The third kappa shape index (κ3) is 2.77. The normalized spacial score (nSPS) is 11.4. The van der Waals surface area contributed by atoms with Crippen molar-refractivity contribution in [3.05, 3.63) is 50.2 Å². The molecule has 0 bridgehead atoms. The van der Waals surface area contributed by atoms with Gasteiger partial charge in [0, 0.05) is 11.6 Å². The Bertz CT molecular complexity index is 641. The Labute approximate surface area is 119 Å². The molecular weight excluding hydrogens is 281 g/mol. The quantitative estimate of drug-likeness (QED) is 0.687. The Hall–Kier alpha value is -2.02. The van der Waals surface area contributed by atoms with Gasteiger partial charge in [-0.15, -0.1) is 11.3 Å². The number of nitro benzene ring substituents is 1. The summed E-state index contributed by atoms with van der Waals surface area (Å²) in [4.78, 5) is 14.7. The molecule has 0 saturated carbocycles. The highest BCUT2D eigenvalue weighted by molar-refractivity contribution is 7.09. The van der Waals surface area contributed by atoms with Crippen LogP contribution in [0, 0.1) is 22.9 Å². The Balaban J connectivity index is 2.43. The lowest BCUT2D eigenvalue weighted by molar-refractivity contribution is -0.384. The van der Waals surface area contributed by atoms with E-state index in [9.17, 15) is 14.5 Å². The van der Waals surface area contributed by atoms with E-state index < -0.39 is 16.3 Å². The third-order valence-corrected chi connectivity index (χ3v) is 3.98. The summed E-state index contributed by atoms with van der Waals surface area (Å²) in [6.45, 7) is 5.31. The summed E-state index contributed by atoms with van der Waals surface area (Å²) in [6.07, 6.45) is 1.67. The Morgan fingerprint density at radius 3 is 2.70 bits per heavy atom. The largest absolute Gasteiger partial charge is 0.368 e. The number of aryl methyl sites for hydroxylation is 1. The number of hydrogen-bond acceptors (Lipinski definition) is 5. The predicted molar refractivity (Wildman–Crippen MR) is 76.6 cm³/mol. The van der Waals surface area contributed by atoms with Crippen molar-refractivity contribution in [1.82, 2.24) is 4.98 Å². The lowest BCUT2D eigenvalue weighted by Gasteiger charge is -2.25. The topological polar surface area (TPSA) is 68.1 Å². The first-order valence-electron chi connectivity index (χ1n) is 5.94. The summed E-state index contributed by atoms with van der Waals surface area (Å²) in [5, 5.41) is 16.8. The standard InChI is InChI=1S/C13H14FN3O2S/c1-8-6-10(11(17(18)19)7-9(8)14)16-13(2,3)12-15-4-5-20-12/h4-7,16H,1-3H3. The van der Waals surface area contributed by atoms with Gasteiger partial charge >= 0.3 is 0 Å². The van der Waals surface area contributed by atoms with E-state index >= 15 is 0 Å². The molecule has 0 aliphatic carbocycles. The van der Waals surface area contributed by atoms with Crippen molar-refractivity contribution in [3.63, 3.8) is 0 Å². The van der Waals surface area contributed by atoms with E-state index in [1.54, 1.807) is 13.1 Å². The number of rotatable bonds is 4. The molecule has 0 fully saturated rings. The summed E-state index contributed by atoms with van der Waals surface area (Å²) in [7, 11) is 0. The smallest absolute Gasteiger partial charge is 0.295 e. The van der Waals surface area contributed by atoms with Crippen LogP contribution in [0.5, 0.6) is 0 Å². The minimum absolute atomic E-state index is 0.280. The van der Waals surface area contributed by atoms with Crippen LogP contribution in [0.25, 0.3) is 0 Å². The van der Waals surface area contributed by atoms with E-state index in [-0.39, 0.29) is 11.4 Å². The molecule has 1 heterocycles. The summed E-state index contributed by atoms with van der Waals surface area (Å²) in [5.41, 5.74) is -0.219. The Kier molecular flexibility index (Phi) is 3.71. The van der Waals surface area contributed by atoms with E-state index in [0.717, 1.165) is 11.1 Å². The minimum Gasteiger partial charge on any atom is -0.368 e. The van der Waals surface area contributed by atoms with Crippen molar-refractivity contribution in [1.29, 1.82) is 0 Å². The number of hydrogen-bond donors (Lipinski definition) is 1. The molecule has 0 radical (unpaired) electrons. The molecular formula is C13H14FN3O2S. The molecule has 2 aromatic rings. The van der Waals surface area contributed by atoms with Gasteiger partial charge in [-0.1, -0.05) is 0 Å². The fourth-order valence-electron chi connectivity index (χ4n) is 1.84. The molecule has 1 N–H and O–H groups in total. The Morgan fingerprint density at radius 1 is 1.45 bits per heavy atom. The molecule has 5 nitrogen and oxygen atoms in total. The Morgan fingerprint density at radius 2 is 2.15 bits per heavy atom. The molecule has 0 atom stereocenters. The van der Waals surface area contributed by atoms with Gasteiger partial charge in [-0.2, -0.15) is 0 Å². The lowest BCUT2D eigenvalue weighted by atomic mass is 10.0. The van der Waals surface area contributed by atoms with E-state index in [4.69, 9.17) is 0 Å². The van der Waals surface area contributed by atoms with Gasteiger partial charge < -0.3 is 5.32 Å². The number of aromatic nitrogens is 1. The second-order valence-corrected chi connectivity index (χ2v) is 5.86. The second-order valence-electron chi connectivity index (χ2n) is 4.96. The van der Waals surface area contributed by atoms with Gasteiger partial charge in [0.2, 0.25) is 0 Å². The monoisotopic (exact) mass is 295 g/mol. The lowest BCUT2D eigenvalue weighted by Crippen LogP contribution is -2.28. The number of anilines is 1. The molecule has 0 aliphatic heterocycles. The molecule has 0 spiro atoms. The van der Waals surface area contributed by atoms with Gasteiger partial charge in [-0.05, 0) is 32.4 Å². The number of nitrogens with zero attached hydrogens (tertiary/aromatic N) is 2. The molecule has 106 valence electrons. The maximum absolute atomic E-state index is 13.5. The van der Waals surface area contributed by atoms with Crippen molar-refractivity contribution in [2.75, 3.05) is 5.32 Å². The van der Waals surface area contributed by atoms with Crippen LogP contribution >= 0.6 is 11.3 Å². The van der Waals surface area contributed by atoms with Crippen LogP contribution in [0.4, 0.5) is 15.8 Å². The van der Waals surface area contributed by atoms with Gasteiger partial charge in [0.25, 0.3) is 5.69 Å². The highest BCUT2D eigenvalue weighted by atomic mass is 32.1. The predicted octanol–water partition coefficient (Wildman–Crippen LogP) is 3.85. The third-order valence-electron chi connectivity index (χ3n) is 2.89. The first-order chi connectivity index (χ1) is 9.31. The maximum Gasteiger partial charge on any atom is 0.295 e. The van der Waals surface area contributed by atoms with Crippen molar-refractivity contribution in [3.8, 4) is 0 Å². The van der Waals surface area contributed by atoms with E-state index in [0.29, 0.717) is 5.56 Å². The van der Waals surface area contributed by atoms with Crippen LogP contribution in [0.1, 0.15) is 24.4 Å². The SMILES string of the molecule is Cc1cc(NC(C)(C)c2nccs2)c([N+](=O)[O-])cc1F. The van der Waals surface area contributed by atoms with Crippen molar-refractivity contribution in [2.24, 2.45) is 0 Å². The fraction of sp³-hybridized carbons (Fsp3) is 0.308. The van der Waals surface area contributed by atoms with Crippen LogP contribution in [0.3, 0.4) is 0 Å². The maximum atomic E-state index is 13.5. The first-order valence-corrected chi connectivity index (χ1v) is 6.82. The van der Waals surface area contributed by atoms with Crippen LogP contribution < -0.4 is 5.32 Å². The van der Waals surface area contributed by atoms with Crippen LogP contribution in [0.15, 0.2) is 23.7 Å².